The Labute approximate surface area is 110 Å². The number of primary amides is 1. The fraction of sp³-hybridized carbons (Fsp3) is 0.455. The molecule has 1 amide bonds. The topological polar surface area (TPSA) is 119 Å². The first kappa shape index (κ1) is 13.6. The molecule has 1 aliphatic rings. The van der Waals surface area contributed by atoms with E-state index >= 15 is 0 Å². The van der Waals surface area contributed by atoms with Crippen molar-refractivity contribution in [1.82, 2.24) is 0 Å². The summed E-state index contributed by atoms with van der Waals surface area (Å²) in [6, 6.07) is 0. The number of carbonyl (C=O) groups is 2. The molecule has 0 spiro atoms. The van der Waals surface area contributed by atoms with E-state index in [1.165, 1.54) is 13.8 Å². The summed E-state index contributed by atoms with van der Waals surface area (Å²) >= 11 is 0. The van der Waals surface area contributed by atoms with Gasteiger partial charge in [-0.25, -0.2) is 8.42 Å². The van der Waals surface area contributed by atoms with E-state index in [9.17, 15) is 18.0 Å². The molecule has 1 aliphatic carbocycles. The van der Waals surface area contributed by atoms with Crippen molar-refractivity contribution in [3.8, 4) is 0 Å². The minimum atomic E-state index is -3.59. The lowest BCUT2D eigenvalue weighted by Gasteiger charge is -2.05. The molecule has 1 fully saturated rings. The fourth-order valence-electron chi connectivity index (χ4n) is 1.87. The van der Waals surface area contributed by atoms with E-state index in [4.69, 9.17) is 10.2 Å². The number of nitrogens with one attached hydrogen (secondary N) is 1. The Hall–Kier alpha value is -1.83. The molecular formula is C11H14N2O5S. The number of Topliss-reactive ketones (excluding diaryl/α,β-unsaturated/α-hetero) is 1. The Kier molecular flexibility index (Phi) is 3.13. The van der Waals surface area contributed by atoms with Crippen LogP contribution in [-0.4, -0.2) is 25.4 Å². The van der Waals surface area contributed by atoms with Crippen LogP contribution < -0.4 is 10.5 Å². The average molecular weight is 286 g/mol. The minimum absolute atomic E-state index is 0.0148. The number of anilines is 1. The molecule has 0 saturated heterocycles. The van der Waals surface area contributed by atoms with E-state index < -0.39 is 27.0 Å². The maximum atomic E-state index is 11.8. The van der Waals surface area contributed by atoms with Crippen LogP contribution in [-0.2, 0) is 10.0 Å². The second-order valence-electron chi connectivity index (χ2n) is 4.50. The van der Waals surface area contributed by atoms with Crippen LogP contribution in [0.3, 0.4) is 0 Å². The molecule has 1 aromatic rings. The molecule has 0 radical (unpaired) electrons. The van der Waals surface area contributed by atoms with Crippen molar-refractivity contribution in [3.63, 3.8) is 0 Å². The van der Waals surface area contributed by atoms with Gasteiger partial charge in [0.25, 0.3) is 5.91 Å². The van der Waals surface area contributed by atoms with Gasteiger partial charge in [0.2, 0.25) is 15.9 Å². The first-order valence-electron chi connectivity index (χ1n) is 5.69. The molecule has 19 heavy (non-hydrogen) atoms. The number of aryl methyl sites for hydroxylation is 1. The van der Waals surface area contributed by atoms with E-state index in [1.54, 1.807) is 0 Å². The SMILES string of the molecule is CC(=O)c1c(C)oc(NS(=O)(=O)C2CC2)c1C(N)=O. The Balaban J connectivity index is 2.49. The highest BCUT2D eigenvalue weighted by Gasteiger charge is 2.38. The second kappa shape index (κ2) is 4.37. The number of furan rings is 1. The number of nitrogens with two attached hydrogens (primary N) is 1. The molecule has 8 heteroatoms. The normalized spacial score (nSPS) is 15.3. The van der Waals surface area contributed by atoms with Crippen molar-refractivity contribution >= 4 is 27.6 Å². The lowest BCUT2D eigenvalue weighted by molar-refractivity contribution is 0.0974. The summed E-state index contributed by atoms with van der Waals surface area (Å²) in [6.07, 6.45) is 1.14. The molecule has 7 nitrogen and oxygen atoms in total. The smallest absolute Gasteiger partial charge is 0.255 e. The summed E-state index contributed by atoms with van der Waals surface area (Å²) in [6.45, 7) is 2.72. The van der Waals surface area contributed by atoms with Crippen LogP contribution >= 0.6 is 0 Å². The van der Waals surface area contributed by atoms with Crippen LogP contribution in [0.2, 0.25) is 0 Å². The van der Waals surface area contributed by atoms with E-state index in [0.717, 1.165) is 0 Å². The molecule has 1 heterocycles. The highest BCUT2D eigenvalue weighted by atomic mass is 32.2. The van der Waals surface area contributed by atoms with Crippen molar-refractivity contribution in [1.29, 1.82) is 0 Å². The van der Waals surface area contributed by atoms with Crippen LogP contribution in [0, 0.1) is 6.92 Å². The van der Waals surface area contributed by atoms with E-state index in [1.807, 2.05) is 0 Å². The molecule has 0 aromatic carbocycles. The summed E-state index contributed by atoms with van der Waals surface area (Å²) in [4.78, 5) is 22.9. The van der Waals surface area contributed by atoms with Crippen molar-refractivity contribution in [2.75, 3.05) is 4.72 Å². The van der Waals surface area contributed by atoms with Crippen molar-refractivity contribution < 1.29 is 22.4 Å². The third-order valence-electron chi connectivity index (χ3n) is 2.88. The fourth-order valence-corrected chi connectivity index (χ4v) is 3.19. The van der Waals surface area contributed by atoms with E-state index in [0.29, 0.717) is 12.8 Å². The minimum Gasteiger partial charge on any atom is -0.443 e. The number of rotatable bonds is 5. The summed E-state index contributed by atoms with van der Waals surface area (Å²) < 4.78 is 31.0. The van der Waals surface area contributed by atoms with Crippen LogP contribution in [0.25, 0.3) is 0 Å². The Morgan fingerprint density at radius 2 is 1.89 bits per heavy atom. The van der Waals surface area contributed by atoms with Gasteiger partial charge in [0.15, 0.2) is 5.78 Å². The van der Waals surface area contributed by atoms with Gasteiger partial charge in [0, 0.05) is 0 Å². The maximum absolute atomic E-state index is 11.8. The largest absolute Gasteiger partial charge is 0.443 e. The predicted octanol–water partition coefficient (Wildman–Crippen LogP) is 0.794. The van der Waals surface area contributed by atoms with Crippen molar-refractivity contribution in [2.45, 2.75) is 31.9 Å². The first-order valence-corrected chi connectivity index (χ1v) is 7.24. The predicted molar refractivity (Wildman–Crippen MR) is 67.5 cm³/mol. The maximum Gasteiger partial charge on any atom is 0.255 e. The molecular weight excluding hydrogens is 272 g/mol. The zero-order valence-electron chi connectivity index (χ0n) is 10.5. The number of amides is 1. The molecule has 104 valence electrons. The molecule has 0 atom stereocenters. The highest BCUT2D eigenvalue weighted by molar-refractivity contribution is 7.93. The van der Waals surface area contributed by atoms with Gasteiger partial charge in [-0.15, -0.1) is 0 Å². The third kappa shape index (κ3) is 2.48. The molecule has 3 N–H and O–H groups in total. The molecule has 2 rings (SSSR count). The zero-order chi connectivity index (χ0) is 14.4. The summed E-state index contributed by atoms with van der Waals surface area (Å²) in [5.74, 6) is -1.43. The number of carbonyl (C=O) groups excluding carboxylic acids is 2. The van der Waals surface area contributed by atoms with E-state index in [-0.39, 0.29) is 22.8 Å². The Morgan fingerprint density at radius 1 is 1.32 bits per heavy atom. The van der Waals surface area contributed by atoms with Crippen LogP contribution in [0.5, 0.6) is 0 Å². The summed E-state index contributed by atoms with van der Waals surface area (Å²) in [7, 11) is -3.59. The standard InChI is InChI=1S/C11H14N2O5S/c1-5(14)8-6(2)18-11(9(8)10(12)15)13-19(16,17)7-3-4-7/h7,13H,3-4H2,1-2H3,(H2,12,15). The second-order valence-corrected chi connectivity index (χ2v) is 6.47. The third-order valence-corrected chi connectivity index (χ3v) is 4.70. The molecule has 0 bridgehead atoms. The zero-order valence-corrected chi connectivity index (χ0v) is 11.3. The number of hydrogen-bond acceptors (Lipinski definition) is 5. The van der Waals surface area contributed by atoms with Crippen molar-refractivity contribution in [3.05, 3.63) is 16.9 Å². The van der Waals surface area contributed by atoms with Crippen LogP contribution in [0.1, 0.15) is 46.2 Å². The van der Waals surface area contributed by atoms with Gasteiger partial charge in [0.1, 0.15) is 11.3 Å². The highest BCUT2D eigenvalue weighted by Crippen LogP contribution is 2.33. The van der Waals surface area contributed by atoms with Crippen molar-refractivity contribution in [2.24, 2.45) is 5.73 Å². The Bertz CT molecular complexity index is 655. The van der Waals surface area contributed by atoms with Gasteiger partial charge in [-0.05, 0) is 26.7 Å². The lowest BCUT2D eigenvalue weighted by Crippen LogP contribution is -2.21. The summed E-state index contributed by atoms with van der Waals surface area (Å²) in [5, 5.41) is -0.473. The molecule has 0 aliphatic heterocycles. The van der Waals surface area contributed by atoms with Crippen LogP contribution in [0.4, 0.5) is 5.88 Å². The van der Waals surface area contributed by atoms with Gasteiger partial charge in [-0.1, -0.05) is 0 Å². The van der Waals surface area contributed by atoms with Gasteiger partial charge in [-0.2, -0.15) is 0 Å². The molecule has 0 unspecified atom stereocenters. The molecule has 1 aromatic heterocycles. The van der Waals surface area contributed by atoms with Gasteiger partial charge < -0.3 is 10.2 Å². The van der Waals surface area contributed by atoms with Gasteiger partial charge in [0.05, 0.1) is 10.8 Å². The quantitative estimate of drug-likeness (QED) is 0.775. The lowest BCUT2D eigenvalue weighted by atomic mass is 10.1. The number of hydrogen-bond donors (Lipinski definition) is 2. The first-order chi connectivity index (χ1) is 8.74. The Morgan fingerprint density at radius 3 is 2.32 bits per heavy atom. The van der Waals surface area contributed by atoms with Gasteiger partial charge >= 0.3 is 0 Å². The monoisotopic (exact) mass is 286 g/mol. The molecule has 1 saturated carbocycles. The average Bonchev–Trinajstić information content (AvgIpc) is 3.03. The van der Waals surface area contributed by atoms with Crippen LogP contribution in [0.15, 0.2) is 4.42 Å². The number of ketones is 1. The van der Waals surface area contributed by atoms with E-state index in [2.05, 4.69) is 4.72 Å². The summed E-state index contributed by atoms with van der Waals surface area (Å²) in [5.41, 5.74) is 4.99. The van der Waals surface area contributed by atoms with Gasteiger partial charge in [-0.3, -0.25) is 14.3 Å². The number of sulfonamides is 1.